The predicted octanol–water partition coefficient (Wildman–Crippen LogP) is 1.25. The molecule has 0 amide bonds. The minimum Gasteiger partial charge on any atom is -0.427 e. The van der Waals surface area contributed by atoms with Crippen molar-refractivity contribution < 1.29 is 12.8 Å². The van der Waals surface area contributed by atoms with Gasteiger partial charge in [0, 0.05) is 12.6 Å². The monoisotopic (exact) mass is 295 g/mol. The Morgan fingerprint density at radius 3 is 2.95 bits per heavy atom. The normalized spacial score (nSPS) is 20.3. The number of para-hydroxylation sites is 2. The first-order valence-corrected chi connectivity index (χ1v) is 8.22. The van der Waals surface area contributed by atoms with Gasteiger partial charge >= 0.3 is 5.22 Å². The number of piperidine rings is 1. The summed E-state index contributed by atoms with van der Waals surface area (Å²) >= 11 is 0. The summed E-state index contributed by atoms with van der Waals surface area (Å²) < 4.78 is 32.1. The van der Waals surface area contributed by atoms with E-state index in [1.807, 2.05) is 0 Å². The summed E-state index contributed by atoms with van der Waals surface area (Å²) in [6.07, 6.45) is 3.26. The van der Waals surface area contributed by atoms with E-state index in [0.29, 0.717) is 17.6 Å². The van der Waals surface area contributed by atoms with Gasteiger partial charge in [0.1, 0.15) is 5.52 Å². The average molecular weight is 295 g/mol. The van der Waals surface area contributed by atoms with E-state index in [1.54, 1.807) is 24.3 Å². The van der Waals surface area contributed by atoms with Crippen molar-refractivity contribution >= 4 is 21.1 Å². The molecule has 0 bridgehead atoms. The molecule has 20 heavy (non-hydrogen) atoms. The fourth-order valence-corrected chi connectivity index (χ4v) is 3.30. The van der Waals surface area contributed by atoms with Crippen LogP contribution in [0.15, 0.2) is 33.9 Å². The zero-order chi connectivity index (χ0) is 14.0. The molecule has 2 heterocycles. The maximum atomic E-state index is 12.1. The van der Waals surface area contributed by atoms with Crippen molar-refractivity contribution in [2.45, 2.75) is 30.5 Å². The highest BCUT2D eigenvalue weighted by Crippen LogP contribution is 2.18. The summed E-state index contributed by atoms with van der Waals surface area (Å²) in [5, 5.41) is 3.02. The smallest absolute Gasteiger partial charge is 0.331 e. The van der Waals surface area contributed by atoms with Crippen LogP contribution in [0.5, 0.6) is 0 Å². The van der Waals surface area contributed by atoms with E-state index >= 15 is 0 Å². The fourth-order valence-electron chi connectivity index (χ4n) is 2.34. The van der Waals surface area contributed by atoms with Crippen LogP contribution in [0.1, 0.15) is 19.3 Å². The van der Waals surface area contributed by atoms with Crippen LogP contribution in [0.25, 0.3) is 11.1 Å². The predicted molar refractivity (Wildman–Crippen MR) is 74.8 cm³/mol. The largest absolute Gasteiger partial charge is 0.427 e. The van der Waals surface area contributed by atoms with Crippen molar-refractivity contribution in [3.05, 3.63) is 24.3 Å². The molecule has 1 atom stereocenters. The van der Waals surface area contributed by atoms with Crippen LogP contribution in [0, 0.1) is 0 Å². The lowest BCUT2D eigenvalue weighted by molar-refractivity contribution is 0.394. The van der Waals surface area contributed by atoms with Crippen LogP contribution in [0.3, 0.4) is 0 Å². The van der Waals surface area contributed by atoms with Crippen molar-refractivity contribution in [1.29, 1.82) is 0 Å². The minimum absolute atomic E-state index is 0.183. The molecule has 1 aliphatic rings. The van der Waals surface area contributed by atoms with E-state index in [2.05, 4.69) is 15.0 Å². The van der Waals surface area contributed by atoms with Crippen molar-refractivity contribution in [3.63, 3.8) is 0 Å². The number of sulfonamides is 1. The molecule has 1 fully saturated rings. The SMILES string of the molecule is O=S(=O)(NCC1CCCCN1)c1nc2ccccc2o1. The van der Waals surface area contributed by atoms with Gasteiger partial charge in [0.2, 0.25) is 0 Å². The van der Waals surface area contributed by atoms with Gasteiger partial charge < -0.3 is 9.73 Å². The van der Waals surface area contributed by atoms with Crippen LogP contribution in [-0.2, 0) is 10.0 Å². The Hall–Kier alpha value is -1.44. The third-order valence-corrected chi connectivity index (χ3v) is 4.62. The molecule has 0 radical (unpaired) electrons. The van der Waals surface area contributed by atoms with Crippen molar-refractivity contribution in [3.8, 4) is 0 Å². The molecule has 2 aromatic rings. The molecule has 0 saturated carbocycles. The van der Waals surface area contributed by atoms with E-state index in [-0.39, 0.29) is 11.3 Å². The van der Waals surface area contributed by atoms with Gasteiger partial charge in [-0.05, 0) is 31.5 Å². The zero-order valence-corrected chi connectivity index (χ0v) is 11.8. The number of benzene rings is 1. The first-order chi connectivity index (χ1) is 9.65. The number of rotatable bonds is 4. The molecule has 3 rings (SSSR count). The first-order valence-electron chi connectivity index (χ1n) is 6.74. The standard InChI is InChI=1S/C13H17N3O3S/c17-20(18,15-9-10-5-3-4-8-14-10)13-16-11-6-1-2-7-12(11)19-13/h1-2,6-7,10,14-15H,3-5,8-9H2. The van der Waals surface area contributed by atoms with Crippen LogP contribution in [0.2, 0.25) is 0 Å². The Bertz CT molecular complexity index is 657. The molecule has 7 heteroatoms. The molecular formula is C13H17N3O3S. The van der Waals surface area contributed by atoms with E-state index in [9.17, 15) is 8.42 Å². The second-order valence-electron chi connectivity index (χ2n) is 4.95. The summed E-state index contributed by atoms with van der Waals surface area (Å²) in [6, 6.07) is 7.18. The number of nitrogens with zero attached hydrogens (tertiary/aromatic N) is 1. The van der Waals surface area contributed by atoms with Gasteiger partial charge in [-0.2, -0.15) is 4.98 Å². The summed E-state index contributed by atoms with van der Waals surface area (Å²) in [6.45, 7) is 1.30. The van der Waals surface area contributed by atoms with E-state index in [0.717, 1.165) is 25.8 Å². The Labute approximate surface area is 117 Å². The van der Waals surface area contributed by atoms with Gasteiger partial charge in [-0.3, -0.25) is 0 Å². The van der Waals surface area contributed by atoms with Gasteiger partial charge in [0.15, 0.2) is 5.58 Å². The Morgan fingerprint density at radius 1 is 1.35 bits per heavy atom. The molecule has 2 N–H and O–H groups in total. The number of hydrogen-bond acceptors (Lipinski definition) is 5. The lowest BCUT2D eigenvalue weighted by atomic mass is 10.1. The first kappa shape index (κ1) is 13.5. The lowest BCUT2D eigenvalue weighted by Gasteiger charge is -2.23. The summed E-state index contributed by atoms with van der Waals surface area (Å²) in [4.78, 5) is 4.01. The number of oxazole rings is 1. The Balaban J connectivity index is 1.73. The Kier molecular flexibility index (Phi) is 3.73. The summed E-state index contributed by atoms with van der Waals surface area (Å²) in [5.74, 6) is 0. The van der Waals surface area contributed by atoms with Crippen molar-refractivity contribution in [1.82, 2.24) is 15.0 Å². The second-order valence-corrected chi connectivity index (χ2v) is 6.59. The van der Waals surface area contributed by atoms with Crippen LogP contribution >= 0.6 is 0 Å². The average Bonchev–Trinajstić information content (AvgIpc) is 2.91. The number of hydrogen-bond donors (Lipinski definition) is 2. The number of fused-ring (bicyclic) bond motifs is 1. The maximum Gasteiger partial charge on any atom is 0.331 e. The highest BCUT2D eigenvalue weighted by Gasteiger charge is 2.23. The number of nitrogens with one attached hydrogen (secondary N) is 2. The van der Waals surface area contributed by atoms with Gasteiger partial charge in [-0.25, -0.2) is 13.1 Å². The quantitative estimate of drug-likeness (QED) is 0.887. The van der Waals surface area contributed by atoms with Gasteiger partial charge in [-0.1, -0.05) is 18.6 Å². The van der Waals surface area contributed by atoms with Crippen molar-refractivity contribution in [2.75, 3.05) is 13.1 Å². The number of aromatic nitrogens is 1. The molecule has 1 aliphatic heterocycles. The maximum absolute atomic E-state index is 12.1. The third kappa shape index (κ3) is 2.84. The van der Waals surface area contributed by atoms with Crippen LogP contribution in [0.4, 0.5) is 0 Å². The molecule has 0 aliphatic carbocycles. The minimum atomic E-state index is -3.69. The fraction of sp³-hybridized carbons (Fsp3) is 0.462. The molecule has 1 aromatic heterocycles. The molecule has 1 saturated heterocycles. The summed E-state index contributed by atoms with van der Waals surface area (Å²) in [7, 11) is -3.69. The van der Waals surface area contributed by atoms with E-state index in [1.165, 1.54) is 0 Å². The second kappa shape index (κ2) is 5.51. The molecule has 0 spiro atoms. The topological polar surface area (TPSA) is 84.2 Å². The third-order valence-electron chi connectivity index (χ3n) is 3.44. The highest BCUT2D eigenvalue weighted by atomic mass is 32.2. The highest BCUT2D eigenvalue weighted by molar-refractivity contribution is 7.89. The zero-order valence-electron chi connectivity index (χ0n) is 11.0. The van der Waals surface area contributed by atoms with Crippen molar-refractivity contribution in [2.24, 2.45) is 0 Å². The van der Waals surface area contributed by atoms with Crippen LogP contribution < -0.4 is 10.0 Å². The van der Waals surface area contributed by atoms with Gasteiger partial charge in [0.05, 0.1) is 0 Å². The molecule has 108 valence electrons. The van der Waals surface area contributed by atoms with E-state index in [4.69, 9.17) is 4.42 Å². The lowest BCUT2D eigenvalue weighted by Crippen LogP contribution is -2.43. The summed E-state index contributed by atoms with van der Waals surface area (Å²) in [5.41, 5.74) is 1.02. The van der Waals surface area contributed by atoms with E-state index < -0.39 is 10.0 Å². The Morgan fingerprint density at radius 2 is 2.20 bits per heavy atom. The molecule has 1 unspecified atom stereocenters. The molecular weight excluding hydrogens is 278 g/mol. The molecule has 1 aromatic carbocycles. The van der Waals surface area contributed by atoms with Gasteiger partial charge in [0.25, 0.3) is 10.0 Å². The molecule has 6 nitrogen and oxygen atoms in total. The van der Waals surface area contributed by atoms with Crippen LogP contribution in [-0.4, -0.2) is 32.5 Å². The van der Waals surface area contributed by atoms with Gasteiger partial charge in [-0.15, -0.1) is 0 Å².